The molecule has 0 spiro atoms. The number of amides is 1. The van der Waals surface area contributed by atoms with Gasteiger partial charge in [-0.15, -0.1) is 0 Å². The predicted molar refractivity (Wildman–Crippen MR) is 118 cm³/mol. The van der Waals surface area contributed by atoms with Gasteiger partial charge < -0.3 is 19.5 Å². The highest BCUT2D eigenvalue weighted by Gasteiger charge is 2.23. The van der Waals surface area contributed by atoms with E-state index in [1.165, 1.54) is 0 Å². The Hall–Kier alpha value is -2.83. The summed E-state index contributed by atoms with van der Waals surface area (Å²) in [6.07, 6.45) is 2.46. The Morgan fingerprint density at radius 2 is 2.00 bits per heavy atom. The van der Waals surface area contributed by atoms with E-state index in [1.54, 1.807) is 20.1 Å². The molecule has 1 aliphatic heterocycles. The van der Waals surface area contributed by atoms with Gasteiger partial charge in [-0.3, -0.25) is 4.79 Å². The van der Waals surface area contributed by atoms with Crippen molar-refractivity contribution in [3.8, 4) is 11.3 Å². The van der Waals surface area contributed by atoms with Gasteiger partial charge in [-0.1, -0.05) is 35.0 Å². The van der Waals surface area contributed by atoms with Gasteiger partial charge in [-0.25, -0.2) is 0 Å². The second-order valence-corrected chi connectivity index (χ2v) is 7.80. The summed E-state index contributed by atoms with van der Waals surface area (Å²) in [7, 11) is 1.76. The van der Waals surface area contributed by atoms with E-state index in [0.29, 0.717) is 33.3 Å². The van der Waals surface area contributed by atoms with Crippen LogP contribution < -0.4 is 10.2 Å². The van der Waals surface area contributed by atoms with Crippen LogP contribution in [0.3, 0.4) is 0 Å². The fourth-order valence-electron chi connectivity index (χ4n) is 3.79. The Balaban J connectivity index is 1.51. The molecule has 1 aliphatic rings. The summed E-state index contributed by atoms with van der Waals surface area (Å²) in [5, 5.41) is 7.51. The third kappa shape index (κ3) is 4.20. The monoisotopic (exact) mass is 425 g/mol. The molecule has 7 heteroatoms. The third-order valence-electron chi connectivity index (χ3n) is 5.42. The highest BCUT2D eigenvalue weighted by atomic mass is 35.5. The van der Waals surface area contributed by atoms with E-state index in [4.69, 9.17) is 20.9 Å². The largest absolute Gasteiger partial charge is 0.380 e. The zero-order valence-electron chi connectivity index (χ0n) is 17.0. The van der Waals surface area contributed by atoms with Gasteiger partial charge in [0.2, 0.25) is 0 Å². The molecule has 30 heavy (non-hydrogen) atoms. The number of aromatic nitrogens is 1. The molecule has 0 aliphatic carbocycles. The van der Waals surface area contributed by atoms with Crippen molar-refractivity contribution in [1.82, 2.24) is 5.16 Å². The molecule has 0 bridgehead atoms. The smallest absolute Gasteiger partial charge is 0.261 e. The van der Waals surface area contributed by atoms with Gasteiger partial charge in [0, 0.05) is 37.1 Å². The second kappa shape index (κ2) is 8.90. The molecule has 4 rings (SSSR count). The maximum Gasteiger partial charge on any atom is 0.261 e. The number of hydrogen-bond donors (Lipinski definition) is 1. The number of carbonyl (C=O) groups excluding carboxylic acids is 1. The van der Waals surface area contributed by atoms with E-state index in [-0.39, 0.29) is 12.0 Å². The van der Waals surface area contributed by atoms with Crippen molar-refractivity contribution in [2.45, 2.75) is 25.9 Å². The van der Waals surface area contributed by atoms with Gasteiger partial charge in [0.05, 0.1) is 11.1 Å². The number of halogens is 1. The number of anilines is 2. The number of benzene rings is 2. The second-order valence-electron chi connectivity index (χ2n) is 7.39. The molecule has 0 radical (unpaired) electrons. The van der Waals surface area contributed by atoms with Crippen molar-refractivity contribution >= 4 is 28.9 Å². The molecule has 156 valence electrons. The normalized spacial score (nSPS) is 16.5. The Bertz CT molecular complexity index is 1030. The minimum Gasteiger partial charge on any atom is -0.380 e. The Kier molecular flexibility index (Phi) is 6.06. The first kappa shape index (κ1) is 20.4. The van der Waals surface area contributed by atoms with E-state index in [0.717, 1.165) is 31.6 Å². The van der Waals surface area contributed by atoms with Gasteiger partial charge in [0.25, 0.3) is 5.91 Å². The lowest BCUT2D eigenvalue weighted by Crippen LogP contribution is -2.39. The maximum absolute atomic E-state index is 13.0. The van der Waals surface area contributed by atoms with Crippen LogP contribution in [-0.2, 0) is 4.74 Å². The van der Waals surface area contributed by atoms with E-state index >= 15 is 0 Å². The van der Waals surface area contributed by atoms with Crippen LogP contribution in [0.2, 0.25) is 5.02 Å². The molecule has 1 atom stereocenters. The molecular formula is C23H24ClN3O3. The standard InChI is InChI=1S/C23H24ClN3O3/c1-15-21(22(26-30-15)19-7-3-4-8-20(19)24)23(28)25-16-9-11-17(12-10-16)27-13-5-6-18(14-27)29-2/h3-4,7-12,18H,5-6,13-14H2,1-2H3,(H,25,28). The number of rotatable bonds is 5. The molecule has 3 aromatic rings. The van der Waals surface area contributed by atoms with Crippen molar-refractivity contribution in [2.24, 2.45) is 0 Å². The van der Waals surface area contributed by atoms with Gasteiger partial charge in [0.15, 0.2) is 0 Å². The number of nitrogens with one attached hydrogen (secondary N) is 1. The van der Waals surface area contributed by atoms with E-state index in [2.05, 4.69) is 15.4 Å². The number of piperidine rings is 1. The lowest BCUT2D eigenvalue weighted by atomic mass is 10.1. The minimum atomic E-state index is -0.283. The molecule has 1 N–H and O–H groups in total. The van der Waals surface area contributed by atoms with E-state index < -0.39 is 0 Å². The summed E-state index contributed by atoms with van der Waals surface area (Å²) in [5.41, 5.74) is 3.30. The molecule has 1 amide bonds. The van der Waals surface area contributed by atoms with Crippen LogP contribution in [0.15, 0.2) is 53.1 Å². The Morgan fingerprint density at radius 1 is 1.23 bits per heavy atom. The quantitative estimate of drug-likeness (QED) is 0.610. The van der Waals surface area contributed by atoms with Gasteiger partial charge >= 0.3 is 0 Å². The summed E-state index contributed by atoms with van der Waals surface area (Å²) in [6.45, 7) is 3.60. The molecule has 2 heterocycles. The predicted octanol–water partition coefficient (Wildman–Crippen LogP) is 5.17. The van der Waals surface area contributed by atoms with Crippen molar-refractivity contribution < 1.29 is 14.1 Å². The minimum absolute atomic E-state index is 0.262. The highest BCUT2D eigenvalue weighted by Crippen LogP contribution is 2.31. The number of carbonyl (C=O) groups is 1. The average molecular weight is 426 g/mol. The highest BCUT2D eigenvalue weighted by molar-refractivity contribution is 6.33. The number of aryl methyl sites for hydroxylation is 1. The molecule has 1 unspecified atom stereocenters. The zero-order valence-corrected chi connectivity index (χ0v) is 17.8. The first-order chi connectivity index (χ1) is 14.6. The van der Waals surface area contributed by atoms with Crippen molar-refractivity contribution in [3.63, 3.8) is 0 Å². The maximum atomic E-state index is 13.0. The number of methoxy groups -OCH3 is 1. The molecule has 0 saturated carbocycles. The van der Waals surface area contributed by atoms with E-state index in [1.807, 2.05) is 42.5 Å². The summed E-state index contributed by atoms with van der Waals surface area (Å²) in [4.78, 5) is 15.3. The molecule has 1 aromatic heterocycles. The molecular weight excluding hydrogens is 402 g/mol. The Morgan fingerprint density at radius 3 is 2.73 bits per heavy atom. The SMILES string of the molecule is COC1CCCN(c2ccc(NC(=O)c3c(-c4ccccc4Cl)noc3C)cc2)C1. The summed E-state index contributed by atoms with van der Waals surface area (Å²) in [6, 6.07) is 15.1. The van der Waals surface area contributed by atoms with Crippen LogP contribution in [0, 0.1) is 6.92 Å². The summed E-state index contributed by atoms with van der Waals surface area (Å²) < 4.78 is 10.8. The fourth-order valence-corrected chi connectivity index (χ4v) is 4.02. The molecule has 1 saturated heterocycles. The topological polar surface area (TPSA) is 67.6 Å². The van der Waals surface area contributed by atoms with Crippen LogP contribution in [-0.4, -0.2) is 37.4 Å². The fraction of sp³-hybridized carbons (Fsp3) is 0.304. The first-order valence-electron chi connectivity index (χ1n) is 9.97. The zero-order chi connectivity index (χ0) is 21.1. The van der Waals surface area contributed by atoms with Crippen LogP contribution >= 0.6 is 11.6 Å². The van der Waals surface area contributed by atoms with Crippen LogP contribution in [0.25, 0.3) is 11.3 Å². The van der Waals surface area contributed by atoms with Crippen molar-refractivity contribution in [1.29, 1.82) is 0 Å². The lowest BCUT2D eigenvalue weighted by Gasteiger charge is -2.33. The number of ether oxygens (including phenoxy) is 1. The van der Waals surface area contributed by atoms with Crippen LogP contribution in [0.4, 0.5) is 11.4 Å². The van der Waals surface area contributed by atoms with Crippen LogP contribution in [0.1, 0.15) is 29.0 Å². The molecule has 6 nitrogen and oxygen atoms in total. The Labute approximate surface area is 180 Å². The summed E-state index contributed by atoms with van der Waals surface area (Å²) >= 11 is 6.29. The average Bonchev–Trinajstić information content (AvgIpc) is 3.16. The number of hydrogen-bond acceptors (Lipinski definition) is 5. The number of nitrogens with zero attached hydrogens (tertiary/aromatic N) is 2. The van der Waals surface area contributed by atoms with Crippen LogP contribution in [0.5, 0.6) is 0 Å². The van der Waals surface area contributed by atoms with Crippen molar-refractivity contribution in [2.75, 3.05) is 30.4 Å². The molecule has 2 aromatic carbocycles. The van der Waals surface area contributed by atoms with Crippen molar-refractivity contribution in [3.05, 3.63) is 64.9 Å². The third-order valence-corrected chi connectivity index (χ3v) is 5.75. The molecule has 1 fully saturated rings. The van der Waals surface area contributed by atoms with E-state index in [9.17, 15) is 4.79 Å². The summed E-state index contributed by atoms with van der Waals surface area (Å²) in [5.74, 6) is 0.159. The van der Waals surface area contributed by atoms with Gasteiger partial charge in [-0.05, 0) is 50.1 Å². The van der Waals surface area contributed by atoms with Gasteiger partial charge in [-0.2, -0.15) is 0 Å². The van der Waals surface area contributed by atoms with Gasteiger partial charge in [0.1, 0.15) is 17.0 Å². The first-order valence-corrected chi connectivity index (χ1v) is 10.3. The lowest BCUT2D eigenvalue weighted by molar-refractivity contribution is 0.0893.